The molecule has 5 rings (SSSR count). The normalized spacial score (nSPS) is 13.7. The van der Waals surface area contributed by atoms with Gasteiger partial charge in [0, 0.05) is 41.9 Å². The van der Waals surface area contributed by atoms with Crippen molar-refractivity contribution < 1.29 is 13.9 Å². The minimum atomic E-state index is -0.193. The van der Waals surface area contributed by atoms with Crippen LogP contribution in [0.2, 0.25) is 0 Å². The molecule has 4 aromatic carbocycles. The maximum absolute atomic E-state index is 15.0. The average Bonchev–Trinajstić information content (AvgIpc) is 2.92. The lowest BCUT2D eigenvalue weighted by Gasteiger charge is -2.37. The van der Waals surface area contributed by atoms with Crippen LogP contribution in [-0.2, 0) is 24.1 Å². The number of amides is 1. The third kappa shape index (κ3) is 5.80. The summed E-state index contributed by atoms with van der Waals surface area (Å²) in [5.41, 5.74) is 3.69. The van der Waals surface area contributed by atoms with Crippen LogP contribution in [0, 0.1) is 5.82 Å². The number of ether oxygens (including phenoxy) is 1. The second-order valence-corrected chi connectivity index (χ2v) is 10.3. The zero-order valence-electron chi connectivity index (χ0n) is 20.9. The average molecular weight is 561 g/mol. The number of carbonyl (C=O) groups is 1. The minimum absolute atomic E-state index is 0.135. The summed E-state index contributed by atoms with van der Waals surface area (Å²) < 4.78 is 21.5. The van der Waals surface area contributed by atoms with Gasteiger partial charge >= 0.3 is 0 Å². The second kappa shape index (κ2) is 11.3. The van der Waals surface area contributed by atoms with Crippen LogP contribution < -0.4 is 9.64 Å². The van der Waals surface area contributed by atoms with Crippen molar-refractivity contribution in [1.29, 1.82) is 0 Å². The standard InChI is InChI=1S/C31H30BrFN2O2/c1-37-30-14-12-26(32)21-25(30)11-13-27-28(33)7-4-8-29(27)34-15-17-35(18-16-34)31(36)20-22-9-10-23-5-2-3-6-24(23)19-22/h2-10,12,14,19,21H,11,13,15-18,20H2,1H3. The molecule has 0 saturated carbocycles. The first kappa shape index (κ1) is 25.3. The highest BCUT2D eigenvalue weighted by molar-refractivity contribution is 9.10. The van der Waals surface area contributed by atoms with Gasteiger partial charge < -0.3 is 14.5 Å². The van der Waals surface area contributed by atoms with Gasteiger partial charge in [-0.2, -0.15) is 0 Å². The van der Waals surface area contributed by atoms with E-state index in [1.807, 2.05) is 47.4 Å². The molecule has 1 fully saturated rings. The molecule has 0 aliphatic carbocycles. The molecule has 4 nitrogen and oxygen atoms in total. The smallest absolute Gasteiger partial charge is 0.227 e. The van der Waals surface area contributed by atoms with Gasteiger partial charge in [0.05, 0.1) is 13.5 Å². The molecule has 0 aromatic heterocycles. The first-order chi connectivity index (χ1) is 18.0. The molecule has 0 spiro atoms. The largest absolute Gasteiger partial charge is 0.496 e. The Bertz CT molecular complexity index is 1420. The molecule has 37 heavy (non-hydrogen) atoms. The summed E-state index contributed by atoms with van der Waals surface area (Å²) in [7, 11) is 1.65. The Hall–Kier alpha value is -3.38. The molecule has 190 valence electrons. The number of benzene rings is 4. The van der Waals surface area contributed by atoms with Gasteiger partial charge in [-0.1, -0.05) is 64.5 Å². The van der Waals surface area contributed by atoms with Crippen LogP contribution >= 0.6 is 15.9 Å². The molecule has 0 N–H and O–H groups in total. The van der Waals surface area contributed by atoms with Crippen LogP contribution in [-0.4, -0.2) is 44.1 Å². The van der Waals surface area contributed by atoms with Crippen molar-refractivity contribution in [2.24, 2.45) is 0 Å². The number of anilines is 1. The third-order valence-corrected chi connectivity index (χ3v) is 7.62. The molecule has 0 atom stereocenters. The lowest BCUT2D eigenvalue weighted by Crippen LogP contribution is -2.49. The second-order valence-electron chi connectivity index (χ2n) is 9.42. The summed E-state index contributed by atoms with van der Waals surface area (Å²) in [5, 5.41) is 2.33. The fraction of sp³-hybridized carbons (Fsp3) is 0.258. The van der Waals surface area contributed by atoms with E-state index in [0.717, 1.165) is 32.4 Å². The lowest BCUT2D eigenvalue weighted by molar-refractivity contribution is -0.130. The molecule has 6 heteroatoms. The number of aryl methyl sites for hydroxylation is 1. The number of piperazine rings is 1. The van der Waals surface area contributed by atoms with Crippen molar-refractivity contribution in [3.8, 4) is 5.75 Å². The van der Waals surface area contributed by atoms with Gasteiger partial charge in [0.2, 0.25) is 5.91 Å². The highest BCUT2D eigenvalue weighted by atomic mass is 79.9. The van der Waals surface area contributed by atoms with E-state index in [9.17, 15) is 9.18 Å². The van der Waals surface area contributed by atoms with Crippen LogP contribution in [0.3, 0.4) is 0 Å². The van der Waals surface area contributed by atoms with Crippen molar-refractivity contribution in [3.63, 3.8) is 0 Å². The molecule has 4 aromatic rings. The number of carbonyl (C=O) groups excluding carboxylic acids is 1. The monoisotopic (exact) mass is 560 g/mol. The van der Waals surface area contributed by atoms with Crippen LogP contribution in [0.1, 0.15) is 16.7 Å². The van der Waals surface area contributed by atoms with Crippen LogP contribution in [0.25, 0.3) is 10.8 Å². The lowest BCUT2D eigenvalue weighted by atomic mass is 10.0. The van der Waals surface area contributed by atoms with Gasteiger partial charge in [0.25, 0.3) is 0 Å². The SMILES string of the molecule is COc1ccc(Br)cc1CCc1c(F)cccc1N1CCN(C(=O)Cc2ccc3ccccc3c2)CC1. The zero-order valence-corrected chi connectivity index (χ0v) is 22.5. The van der Waals surface area contributed by atoms with Gasteiger partial charge in [0.1, 0.15) is 11.6 Å². The van der Waals surface area contributed by atoms with Gasteiger partial charge in [-0.3, -0.25) is 4.79 Å². The Kier molecular flexibility index (Phi) is 7.75. The van der Waals surface area contributed by atoms with E-state index >= 15 is 0 Å². The van der Waals surface area contributed by atoms with E-state index in [1.54, 1.807) is 13.2 Å². The zero-order chi connectivity index (χ0) is 25.8. The van der Waals surface area contributed by atoms with Gasteiger partial charge in [-0.25, -0.2) is 4.39 Å². The summed E-state index contributed by atoms with van der Waals surface area (Å²) in [4.78, 5) is 17.2. The number of rotatable bonds is 7. The Morgan fingerprint density at radius 3 is 2.46 bits per heavy atom. The Labute approximate surface area is 225 Å². The van der Waals surface area contributed by atoms with Gasteiger partial charge in [-0.15, -0.1) is 0 Å². The molecule has 1 heterocycles. The summed E-state index contributed by atoms with van der Waals surface area (Å²) >= 11 is 3.52. The van der Waals surface area contributed by atoms with E-state index in [2.05, 4.69) is 45.1 Å². The third-order valence-electron chi connectivity index (χ3n) is 7.12. The number of methoxy groups -OCH3 is 1. The Balaban J connectivity index is 1.24. The maximum atomic E-state index is 15.0. The highest BCUT2D eigenvalue weighted by Gasteiger charge is 2.24. The first-order valence-corrected chi connectivity index (χ1v) is 13.4. The number of nitrogens with zero attached hydrogens (tertiary/aromatic N) is 2. The number of fused-ring (bicyclic) bond motifs is 1. The Morgan fingerprint density at radius 2 is 1.68 bits per heavy atom. The molecular weight excluding hydrogens is 531 g/mol. The quantitative estimate of drug-likeness (QED) is 0.261. The van der Waals surface area contributed by atoms with Crippen LogP contribution in [0.4, 0.5) is 10.1 Å². The van der Waals surface area contributed by atoms with Gasteiger partial charge in [-0.05, 0) is 65.1 Å². The van der Waals surface area contributed by atoms with Crippen LogP contribution in [0.5, 0.6) is 5.75 Å². The molecule has 0 radical (unpaired) electrons. The van der Waals surface area contributed by atoms with Crippen molar-refractivity contribution in [1.82, 2.24) is 4.90 Å². The fourth-order valence-corrected chi connectivity index (χ4v) is 5.53. The number of hydrogen-bond donors (Lipinski definition) is 0. The molecular formula is C31H30BrFN2O2. The van der Waals surface area contributed by atoms with E-state index < -0.39 is 0 Å². The summed E-state index contributed by atoms with van der Waals surface area (Å²) in [6.07, 6.45) is 1.63. The van der Waals surface area contributed by atoms with E-state index in [-0.39, 0.29) is 11.7 Å². The predicted octanol–water partition coefficient (Wildman–Crippen LogP) is 6.43. The van der Waals surface area contributed by atoms with Crippen LogP contribution in [0.15, 0.2) is 83.3 Å². The molecule has 1 amide bonds. The van der Waals surface area contributed by atoms with Crippen molar-refractivity contribution in [3.05, 3.63) is 106 Å². The van der Waals surface area contributed by atoms with Gasteiger partial charge in [0.15, 0.2) is 0 Å². The predicted molar refractivity (Wildman–Crippen MR) is 151 cm³/mol. The number of hydrogen-bond acceptors (Lipinski definition) is 3. The fourth-order valence-electron chi connectivity index (χ4n) is 5.13. The minimum Gasteiger partial charge on any atom is -0.496 e. The number of halogens is 2. The molecule has 1 aliphatic heterocycles. The molecule has 1 saturated heterocycles. The summed E-state index contributed by atoms with van der Waals surface area (Å²) in [6, 6.07) is 25.6. The maximum Gasteiger partial charge on any atom is 0.227 e. The van der Waals surface area contributed by atoms with E-state index in [1.165, 1.54) is 11.5 Å². The van der Waals surface area contributed by atoms with Crippen molar-refractivity contribution in [2.75, 3.05) is 38.2 Å². The topological polar surface area (TPSA) is 32.8 Å². The molecule has 1 aliphatic rings. The molecule has 0 bridgehead atoms. The summed E-state index contributed by atoms with van der Waals surface area (Å²) in [6.45, 7) is 2.61. The van der Waals surface area contributed by atoms with Crippen molar-refractivity contribution in [2.45, 2.75) is 19.3 Å². The van der Waals surface area contributed by atoms with E-state index in [4.69, 9.17) is 4.74 Å². The summed E-state index contributed by atoms with van der Waals surface area (Å²) in [5.74, 6) is 0.747. The first-order valence-electron chi connectivity index (χ1n) is 12.6. The molecule has 0 unspecified atom stereocenters. The Morgan fingerprint density at radius 1 is 0.892 bits per heavy atom. The highest BCUT2D eigenvalue weighted by Crippen LogP contribution is 2.29. The van der Waals surface area contributed by atoms with E-state index in [0.29, 0.717) is 51.0 Å². The van der Waals surface area contributed by atoms with Crippen molar-refractivity contribution >= 4 is 38.3 Å².